The van der Waals surface area contributed by atoms with E-state index in [2.05, 4.69) is 15.4 Å². The van der Waals surface area contributed by atoms with Gasteiger partial charge in [0, 0.05) is 0 Å². The summed E-state index contributed by atoms with van der Waals surface area (Å²) >= 11 is 0. The zero-order valence-electron chi connectivity index (χ0n) is 7.75. The number of para-hydroxylation sites is 1. The fourth-order valence-corrected chi connectivity index (χ4v) is 0.847. The van der Waals surface area contributed by atoms with Gasteiger partial charge in [0.05, 0.1) is 5.69 Å². The van der Waals surface area contributed by atoms with Crippen LogP contribution >= 0.6 is 0 Å². The molecule has 0 N–H and O–H groups in total. The van der Waals surface area contributed by atoms with E-state index in [1.165, 1.54) is 11.1 Å². The van der Waals surface area contributed by atoms with Crippen LogP contribution in [0.3, 0.4) is 0 Å². The van der Waals surface area contributed by atoms with Crippen LogP contribution in [-0.2, 0) is 0 Å². The van der Waals surface area contributed by atoms with E-state index < -0.39 is 0 Å². The van der Waals surface area contributed by atoms with Gasteiger partial charge in [-0.3, -0.25) is 0 Å². The first kappa shape index (κ1) is 9.38. The van der Waals surface area contributed by atoms with E-state index in [0.717, 1.165) is 5.69 Å². The predicted octanol–water partition coefficient (Wildman–Crippen LogP) is 1.69. The molecule has 0 spiro atoms. The molecule has 4 heteroatoms. The molecule has 0 aliphatic carbocycles. The van der Waals surface area contributed by atoms with Crippen molar-refractivity contribution in [2.75, 3.05) is 0 Å². The van der Waals surface area contributed by atoms with Gasteiger partial charge in [-0.2, -0.15) is 0 Å². The molecule has 0 radical (unpaired) electrons. The molecular weight excluding hydrogens is 164 g/mol. The molecule has 0 saturated heterocycles. The van der Waals surface area contributed by atoms with Crippen molar-refractivity contribution in [1.82, 2.24) is 20.2 Å². The topological polar surface area (TPSA) is 43.6 Å². The molecule has 1 aromatic carbocycles. The third-order valence-electron chi connectivity index (χ3n) is 1.34. The summed E-state index contributed by atoms with van der Waals surface area (Å²) in [6.45, 7) is 4.00. The Balaban J connectivity index is 0.000000396. The molecular formula is C9H12N4. The molecule has 1 heterocycles. The van der Waals surface area contributed by atoms with Gasteiger partial charge in [-0.25, -0.2) is 0 Å². The van der Waals surface area contributed by atoms with E-state index in [0.29, 0.717) is 0 Å². The average molecular weight is 176 g/mol. The van der Waals surface area contributed by atoms with Crippen molar-refractivity contribution in [3.8, 4) is 5.69 Å². The molecule has 0 saturated carbocycles. The first-order valence-electron chi connectivity index (χ1n) is 4.25. The molecule has 4 nitrogen and oxygen atoms in total. The second-order valence-corrected chi connectivity index (χ2v) is 2.06. The fourth-order valence-electron chi connectivity index (χ4n) is 0.847. The number of nitrogens with zero attached hydrogens (tertiary/aromatic N) is 4. The second-order valence-electron chi connectivity index (χ2n) is 2.06. The molecule has 0 atom stereocenters. The fraction of sp³-hybridized carbons (Fsp3) is 0.222. The summed E-state index contributed by atoms with van der Waals surface area (Å²) in [7, 11) is 0. The maximum Gasteiger partial charge on any atom is 0.162 e. The minimum absolute atomic E-state index is 0.921. The van der Waals surface area contributed by atoms with Crippen LogP contribution in [-0.4, -0.2) is 20.2 Å². The molecule has 13 heavy (non-hydrogen) atoms. The smallest absolute Gasteiger partial charge is 0.135 e. The molecule has 0 unspecified atom stereocenters. The molecule has 0 aliphatic heterocycles. The van der Waals surface area contributed by atoms with Gasteiger partial charge < -0.3 is 0 Å². The monoisotopic (exact) mass is 176 g/mol. The molecule has 0 aliphatic rings. The van der Waals surface area contributed by atoms with E-state index in [1.807, 2.05) is 44.2 Å². The molecule has 0 bridgehead atoms. The van der Waals surface area contributed by atoms with Crippen LogP contribution in [0.4, 0.5) is 0 Å². The average Bonchev–Trinajstić information content (AvgIpc) is 2.75. The van der Waals surface area contributed by atoms with Crippen LogP contribution < -0.4 is 0 Å². The van der Waals surface area contributed by atoms with Crippen molar-refractivity contribution in [2.24, 2.45) is 0 Å². The molecule has 68 valence electrons. The third-order valence-corrected chi connectivity index (χ3v) is 1.34. The van der Waals surface area contributed by atoms with Gasteiger partial charge in [0.15, 0.2) is 6.33 Å². The van der Waals surface area contributed by atoms with Crippen molar-refractivity contribution in [2.45, 2.75) is 13.8 Å². The molecule has 2 aromatic rings. The van der Waals surface area contributed by atoms with Crippen LogP contribution in [0.25, 0.3) is 5.69 Å². The number of hydrogen-bond donors (Lipinski definition) is 0. The van der Waals surface area contributed by atoms with Gasteiger partial charge in [0.2, 0.25) is 0 Å². The normalized spacial score (nSPS) is 8.77. The zero-order chi connectivity index (χ0) is 9.52. The standard InChI is InChI=1S/C7H6N4.C2H6/c1-2-4-7(5-3-1)11-9-6-8-10-11;1-2/h1-6H;1-2H3. The number of hydrogen-bond acceptors (Lipinski definition) is 3. The lowest BCUT2D eigenvalue weighted by Crippen LogP contribution is -1.97. The lowest BCUT2D eigenvalue weighted by Gasteiger charge is -1.94. The Labute approximate surface area is 77.2 Å². The SMILES string of the molecule is CC.c1ccc(-n2ncnn2)cc1. The van der Waals surface area contributed by atoms with E-state index in [4.69, 9.17) is 0 Å². The minimum atomic E-state index is 0.921. The number of tetrazole rings is 1. The Bertz CT molecular complexity index is 315. The van der Waals surface area contributed by atoms with Gasteiger partial charge >= 0.3 is 0 Å². The first-order chi connectivity index (χ1) is 6.47. The minimum Gasteiger partial charge on any atom is -0.135 e. The highest BCUT2D eigenvalue weighted by Crippen LogP contribution is 2.00. The summed E-state index contributed by atoms with van der Waals surface area (Å²) in [4.78, 5) is 1.47. The van der Waals surface area contributed by atoms with E-state index in [-0.39, 0.29) is 0 Å². The van der Waals surface area contributed by atoms with Crippen molar-refractivity contribution in [3.05, 3.63) is 36.7 Å². The highest BCUT2D eigenvalue weighted by molar-refractivity contribution is 5.27. The Kier molecular flexibility index (Phi) is 3.63. The van der Waals surface area contributed by atoms with Crippen molar-refractivity contribution in [1.29, 1.82) is 0 Å². The summed E-state index contributed by atoms with van der Waals surface area (Å²) in [6.07, 6.45) is 1.41. The summed E-state index contributed by atoms with van der Waals surface area (Å²) in [6, 6.07) is 9.64. The van der Waals surface area contributed by atoms with Gasteiger partial charge in [-0.05, 0) is 17.3 Å². The zero-order valence-corrected chi connectivity index (χ0v) is 7.75. The summed E-state index contributed by atoms with van der Waals surface area (Å²) in [5.41, 5.74) is 0.921. The van der Waals surface area contributed by atoms with Gasteiger partial charge in [0.1, 0.15) is 0 Å². The lowest BCUT2D eigenvalue weighted by molar-refractivity contribution is 0.720. The van der Waals surface area contributed by atoms with E-state index in [9.17, 15) is 0 Å². The quantitative estimate of drug-likeness (QED) is 0.664. The number of aromatic nitrogens is 4. The van der Waals surface area contributed by atoms with Crippen molar-refractivity contribution < 1.29 is 0 Å². The second kappa shape index (κ2) is 5.03. The van der Waals surface area contributed by atoms with Crippen LogP contribution in [0.15, 0.2) is 36.7 Å². The Morgan fingerprint density at radius 1 is 1.08 bits per heavy atom. The van der Waals surface area contributed by atoms with Gasteiger partial charge in [0.25, 0.3) is 0 Å². The lowest BCUT2D eigenvalue weighted by atomic mass is 10.3. The number of rotatable bonds is 1. The van der Waals surface area contributed by atoms with E-state index in [1.54, 1.807) is 0 Å². The van der Waals surface area contributed by atoms with Crippen LogP contribution in [0.5, 0.6) is 0 Å². The molecule has 0 fully saturated rings. The highest BCUT2D eigenvalue weighted by atomic mass is 15.6. The third kappa shape index (κ3) is 2.37. The summed E-state index contributed by atoms with van der Waals surface area (Å²) in [5, 5.41) is 11.2. The Morgan fingerprint density at radius 3 is 2.31 bits per heavy atom. The maximum absolute atomic E-state index is 3.88. The molecule has 1 aromatic heterocycles. The van der Waals surface area contributed by atoms with E-state index >= 15 is 0 Å². The molecule has 0 amide bonds. The van der Waals surface area contributed by atoms with Crippen LogP contribution in [0.1, 0.15) is 13.8 Å². The summed E-state index contributed by atoms with van der Waals surface area (Å²) < 4.78 is 0. The Hall–Kier alpha value is -1.71. The summed E-state index contributed by atoms with van der Waals surface area (Å²) in [5.74, 6) is 0. The van der Waals surface area contributed by atoms with Gasteiger partial charge in [-0.1, -0.05) is 32.0 Å². The number of benzene rings is 1. The van der Waals surface area contributed by atoms with Crippen LogP contribution in [0.2, 0.25) is 0 Å². The van der Waals surface area contributed by atoms with Crippen molar-refractivity contribution >= 4 is 0 Å². The highest BCUT2D eigenvalue weighted by Gasteiger charge is 1.93. The van der Waals surface area contributed by atoms with Gasteiger partial charge in [-0.15, -0.1) is 15.0 Å². The Morgan fingerprint density at radius 2 is 1.77 bits per heavy atom. The van der Waals surface area contributed by atoms with Crippen molar-refractivity contribution in [3.63, 3.8) is 0 Å². The maximum atomic E-state index is 3.88. The predicted molar refractivity (Wildman–Crippen MR) is 50.5 cm³/mol. The largest absolute Gasteiger partial charge is 0.162 e. The first-order valence-corrected chi connectivity index (χ1v) is 4.25. The molecule has 2 rings (SSSR count). The van der Waals surface area contributed by atoms with Crippen LogP contribution in [0, 0.1) is 0 Å².